The maximum absolute atomic E-state index is 12.6. The van der Waals surface area contributed by atoms with Gasteiger partial charge in [-0.05, 0) is 6.07 Å². The van der Waals surface area contributed by atoms with Crippen LogP contribution in [0.5, 0.6) is 0 Å². The fourth-order valence-electron chi connectivity index (χ4n) is 0.688. The van der Waals surface area contributed by atoms with Crippen molar-refractivity contribution in [2.24, 2.45) is 0 Å². The molecule has 1 rings (SSSR count). The van der Waals surface area contributed by atoms with E-state index in [0.29, 0.717) is 0 Å². The monoisotopic (exact) mass is 178 g/mol. The van der Waals surface area contributed by atoms with Crippen molar-refractivity contribution in [2.75, 3.05) is 0 Å². The Balaban J connectivity index is 3.25. The van der Waals surface area contributed by atoms with Crippen LogP contribution in [-0.4, -0.2) is 5.11 Å². The largest absolute Gasteiger partial charge is 0.392 e. The SMILES string of the molecule is OCc1ccc(Cl)c(F)c1F. The van der Waals surface area contributed by atoms with Crippen LogP contribution in [0.25, 0.3) is 0 Å². The molecule has 1 aromatic rings. The van der Waals surface area contributed by atoms with Gasteiger partial charge >= 0.3 is 0 Å². The molecule has 4 heteroatoms. The first-order valence-electron chi connectivity index (χ1n) is 2.90. The molecule has 0 saturated carbocycles. The lowest BCUT2D eigenvalue weighted by Gasteiger charge is -2.00. The molecule has 1 aromatic carbocycles. The van der Waals surface area contributed by atoms with Gasteiger partial charge in [-0.25, -0.2) is 8.78 Å². The van der Waals surface area contributed by atoms with Crippen molar-refractivity contribution in [2.45, 2.75) is 6.61 Å². The summed E-state index contributed by atoms with van der Waals surface area (Å²) in [5.74, 6) is -2.20. The number of aliphatic hydroxyl groups is 1. The van der Waals surface area contributed by atoms with Crippen molar-refractivity contribution in [3.63, 3.8) is 0 Å². The average molecular weight is 179 g/mol. The molecular formula is C7H5ClF2O. The van der Waals surface area contributed by atoms with Crippen molar-refractivity contribution in [3.05, 3.63) is 34.4 Å². The van der Waals surface area contributed by atoms with Gasteiger partial charge in [0.15, 0.2) is 11.6 Å². The summed E-state index contributed by atoms with van der Waals surface area (Å²) in [5.41, 5.74) is -0.0908. The lowest BCUT2D eigenvalue weighted by Crippen LogP contribution is -1.93. The number of benzene rings is 1. The first-order valence-corrected chi connectivity index (χ1v) is 3.28. The Kier molecular flexibility index (Phi) is 2.42. The highest BCUT2D eigenvalue weighted by atomic mass is 35.5. The van der Waals surface area contributed by atoms with Gasteiger partial charge in [0.25, 0.3) is 0 Å². The zero-order valence-electron chi connectivity index (χ0n) is 5.44. The Morgan fingerprint density at radius 2 is 1.91 bits per heavy atom. The molecule has 0 aliphatic carbocycles. The molecule has 0 bridgehead atoms. The quantitative estimate of drug-likeness (QED) is 0.653. The van der Waals surface area contributed by atoms with Crippen molar-refractivity contribution >= 4 is 11.6 Å². The second-order valence-corrected chi connectivity index (χ2v) is 2.40. The van der Waals surface area contributed by atoms with Crippen LogP contribution in [0.4, 0.5) is 8.78 Å². The molecule has 60 valence electrons. The summed E-state index contributed by atoms with van der Waals surface area (Å²) in [5, 5.41) is 8.21. The predicted octanol–water partition coefficient (Wildman–Crippen LogP) is 2.11. The van der Waals surface area contributed by atoms with Crippen molar-refractivity contribution in [1.29, 1.82) is 0 Å². The van der Waals surface area contributed by atoms with Crippen molar-refractivity contribution in [3.8, 4) is 0 Å². The zero-order chi connectivity index (χ0) is 8.43. The first-order chi connectivity index (χ1) is 5.16. The summed E-state index contributed by atoms with van der Waals surface area (Å²) in [6.07, 6.45) is 0. The van der Waals surface area contributed by atoms with Gasteiger partial charge in [0.1, 0.15) is 0 Å². The van der Waals surface area contributed by atoms with Crippen LogP contribution in [0.15, 0.2) is 12.1 Å². The highest BCUT2D eigenvalue weighted by Crippen LogP contribution is 2.19. The van der Waals surface area contributed by atoms with E-state index in [9.17, 15) is 8.78 Å². The minimum atomic E-state index is -1.11. The van der Waals surface area contributed by atoms with E-state index in [4.69, 9.17) is 16.7 Å². The van der Waals surface area contributed by atoms with Crippen LogP contribution in [0.3, 0.4) is 0 Å². The van der Waals surface area contributed by atoms with Crippen LogP contribution >= 0.6 is 11.6 Å². The lowest BCUT2D eigenvalue weighted by molar-refractivity contribution is 0.273. The third kappa shape index (κ3) is 1.49. The predicted molar refractivity (Wildman–Crippen MR) is 37.3 cm³/mol. The van der Waals surface area contributed by atoms with Crippen molar-refractivity contribution in [1.82, 2.24) is 0 Å². The second-order valence-electron chi connectivity index (χ2n) is 1.99. The molecular weight excluding hydrogens is 174 g/mol. The van der Waals surface area contributed by atoms with E-state index in [1.54, 1.807) is 0 Å². The van der Waals surface area contributed by atoms with Crippen LogP contribution in [0, 0.1) is 11.6 Å². The van der Waals surface area contributed by atoms with Gasteiger partial charge in [-0.1, -0.05) is 17.7 Å². The van der Waals surface area contributed by atoms with Crippen LogP contribution in [0.1, 0.15) is 5.56 Å². The van der Waals surface area contributed by atoms with Gasteiger partial charge in [0.05, 0.1) is 11.6 Å². The van der Waals surface area contributed by atoms with E-state index in [1.165, 1.54) is 12.1 Å². The fourth-order valence-corrected chi connectivity index (χ4v) is 0.834. The summed E-state index contributed by atoms with van der Waals surface area (Å²) in [6, 6.07) is 2.44. The number of rotatable bonds is 1. The average Bonchev–Trinajstić information content (AvgIpc) is 2.01. The van der Waals surface area contributed by atoms with Gasteiger partial charge in [-0.2, -0.15) is 0 Å². The Bertz CT molecular complexity index is 275. The molecule has 0 atom stereocenters. The molecule has 0 fully saturated rings. The molecule has 11 heavy (non-hydrogen) atoms. The van der Waals surface area contributed by atoms with E-state index < -0.39 is 18.2 Å². The fraction of sp³-hybridized carbons (Fsp3) is 0.143. The number of hydrogen-bond acceptors (Lipinski definition) is 1. The van der Waals surface area contributed by atoms with Gasteiger partial charge < -0.3 is 5.11 Å². The highest BCUT2D eigenvalue weighted by Gasteiger charge is 2.10. The number of aliphatic hydroxyl groups excluding tert-OH is 1. The number of halogens is 3. The summed E-state index contributed by atoms with van der Waals surface area (Å²) in [4.78, 5) is 0. The third-order valence-corrected chi connectivity index (χ3v) is 1.58. The van der Waals surface area contributed by atoms with Crippen LogP contribution in [0.2, 0.25) is 5.02 Å². The normalized spacial score (nSPS) is 10.2. The highest BCUT2D eigenvalue weighted by molar-refractivity contribution is 6.30. The molecule has 0 saturated heterocycles. The molecule has 1 nitrogen and oxygen atoms in total. The second kappa shape index (κ2) is 3.15. The Labute approximate surface area is 67.2 Å². The van der Waals surface area contributed by atoms with E-state index in [0.717, 1.165) is 0 Å². The molecule has 0 spiro atoms. The van der Waals surface area contributed by atoms with Gasteiger partial charge in [-0.15, -0.1) is 0 Å². The minimum absolute atomic E-state index is 0.0908. The van der Waals surface area contributed by atoms with E-state index in [1.807, 2.05) is 0 Å². The summed E-state index contributed by atoms with van der Waals surface area (Å²) in [7, 11) is 0. The Morgan fingerprint density at radius 3 is 2.45 bits per heavy atom. The number of hydrogen-bond donors (Lipinski definition) is 1. The van der Waals surface area contributed by atoms with E-state index >= 15 is 0 Å². The Hall–Kier alpha value is -0.670. The molecule has 0 aliphatic rings. The summed E-state index contributed by atoms with van der Waals surface area (Å²) in [6.45, 7) is -0.528. The van der Waals surface area contributed by atoms with E-state index in [-0.39, 0.29) is 10.6 Å². The lowest BCUT2D eigenvalue weighted by atomic mass is 10.2. The van der Waals surface area contributed by atoms with Gasteiger partial charge in [-0.3, -0.25) is 0 Å². The molecule has 0 heterocycles. The van der Waals surface area contributed by atoms with Gasteiger partial charge in [0.2, 0.25) is 0 Å². The standard InChI is InChI=1S/C7H5ClF2O/c8-5-2-1-4(3-11)6(9)7(5)10/h1-2,11H,3H2. The maximum Gasteiger partial charge on any atom is 0.177 e. The van der Waals surface area contributed by atoms with E-state index in [2.05, 4.69) is 0 Å². The molecule has 0 aromatic heterocycles. The topological polar surface area (TPSA) is 20.2 Å². The minimum Gasteiger partial charge on any atom is -0.392 e. The zero-order valence-corrected chi connectivity index (χ0v) is 6.20. The molecule has 0 unspecified atom stereocenters. The molecule has 1 N–H and O–H groups in total. The molecule has 0 aliphatic heterocycles. The molecule has 0 radical (unpaired) electrons. The van der Waals surface area contributed by atoms with Crippen molar-refractivity contribution < 1.29 is 13.9 Å². The maximum atomic E-state index is 12.6. The Morgan fingerprint density at radius 1 is 1.27 bits per heavy atom. The first kappa shape index (κ1) is 8.43. The van der Waals surface area contributed by atoms with Crippen LogP contribution in [-0.2, 0) is 6.61 Å². The smallest absolute Gasteiger partial charge is 0.177 e. The molecule has 0 amide bonds. The third-order valence-electron chi connectivity index (χ3n) is 1.29. The van der Waals surface area contributed by atoms with Crippen LogP contribution < -0.4 is 0 Å². The summed E-state index contributed by atoms with van der Waals surface area (Å²) >= 11 is 5.25. The van der Waals surface area contributed by atoms with Gasteiger partial charge in [0, 0.05) is 5.56 Å². The summed E-state index contributed by atoms with van der Waals surface area (Å²) < 4.78 is 25.2.